The van der Waals surface area contributed by atoms with E-state index in [0.717, 1.165) is 5.56 Å². The van der Waals surface area contributed by atoms with Crippen molar-refractivity contribution in [1.29, 1.82) is 0 Å². The second kappa shape index (κ2) is 7.55. The van der Waals surface area contributed by atoms with Crippen molar-refractivity contribution in [3.63, 3.8) is 0 Å². The number of nitrogens with one attached hydrogen (secondary N) is 1. The van der Waals surface area contributed by atoms with Crippen molar-refractivity contribution in [3.8, 4) is 11.3 Å². The van der Waals surface area contributed by atoms with Crippen molar-refractivity contribution in [2.75, 3.05) is 0 Å². The minimum atomic E-state index is -0.279. The molecule has 1 aromatic heterocycles. The van der Waals surface area contributed by atoms with Gasteiger partial charge in [-0.15, -0.1) is 0 Å². The Morgan fingerprint density at radius 1 is 1.08 bits per heavy atom. The molecule has 0 atom stereocenters. The van der Waals surface area contributed by atoms with Crippen LogP contribution in [0.3, 0.4) is 0 Å². The van der Waals surface area contributed by atoms with Crippen molar-refractivity contribution in [1.82, 2.24) is 5.43 Å². The Kier molecular flexibility index (Phi) is 5.22. The zero-order valence-corrected chi connectivity index (χ0v) is 14.8. The fraction of sp³-hybridized carbons (Fsp3) is 0.0526. The topological polar surface area (TPSA) is 54.6 Å². The van der Waals surface area contributed by atoms with Crippen LogP contribution in [0.25, 0.3) is 11.3 Å². The number of hydrogen-bond acceptors (Lipinski definition) is 3. The molecule has 2 aromatic carbocycles. The molecule has 0 fully saturated rings. The van der Waals surface area contributed by atoms with Gasteiger partial charge < -0.3 is 4.42 Å². The van der Waals surface area contributed by atoms with Crippen LogP contribution in [-0.4, -0.2) is 12.1 Å². The Hall–Kier alpha value is -2.56. The standard InChI is InChI=1S/C19H14Cl2N2O2/c1-12-5-2-3-6-14(12)19(24)23-22-11-13-9-10-17(25-13)15-7-4-8-16(20)18(15)21/h2-11H,1H3,(H,23,24)/b22-11+. The number of aryl methyl sites for hydroxylation is 1. The number of hydrogen-bond donors (Lipinski definition) is 1. The van der Waals surface area contributed by atoms with Gasteiger partial charge in [0.05, 0.1) is 16.3 Å². The largest absolute Gasteiger partial charge is 0.455 e. The molecule has 3 rings (SSSR count). The lowest BCUT2D eigenvalue weighted by Crippen LogP contribution is -2.18. The molecule has 0 radical (unpaired) electrons. The van der Waals surface area contributed by atoms with E-state index in [1.54, 1.807) is 36.4 Å². The van der Waals surface area contributed by atoms with Gasteiger partial charge in [0, 0.05) is 11.1 Å². The maximum Gasteiger partial charge on any atom is 0.271 e. The first-order valence-electron chi connectivity index (χ1n) is 7.49. The summed E-state index contributed by atoms with van der Waals surface area (Å²) in [5.74, 6) is 0.773. The van der Waals surface area contributed by atoms with Crippen LogP contribution in [0.5, 0.6) is 0 Å². The van der Waals surface area contributed by atoms with Crippen LogP contribution in [0.1, 0.15) is 21.7 Å². The van der Waals surface area contributed by atoms with Gasteiger partial charge in [0.25, 0.3) is 5.91 Å². The third kappa shape index (κ3) is 3.92. The normalized spacial score (nSPS) is 11.0. The summed E-state index contributed by atoms with van der Waals surface area (Å²) in [6, 6.07) is 16.1. The lowest BCUT2D eigenvalue weighted by atomic mass is 10.1. The molecule has 0 unspecified atom stereocenters. The number of halogens is 2. The Morgan fingerprint density at radius 3 is 2.68 bits per heavy atom. The van der Waals surface area contributed by atoms with Crippen LogP contribution < -0.4 is 5.43 Å². The second-order valence-corrected chi connectivity index (χ2v) is 6.10. The van der Waals surface area contributed by atoms with Crippen LogP contribution in [0, 0.1) is 6.92 Å². The van der Waals surface area contributed by atoms with Gasteiger partial charge in [0.15, 0.2) is 0 Å². The number of hydrazone groups is 1. The molecule has 0 bridgehead atoms. The number of carbonyl (C=O) groups is 1. The molecule has 6 heteroatoms. The number of amides is 1. The number of furan rings is 1. The predicted molar refractivity (Wildman–Crippen MR) is 100 cm³/mol. The van der Waals surface area contributed by atoms with Crippen LogP contribution in [0.2, 0.25) is 10.0 Å². The molecule has 4 nitrogen and oxygen atoms in total. The van der Waals surface area contributed by atoms with E-state index in [1.165, 1.54) is 6.21 Å². The highest BCUT2D eigenvalue weighted by Crippen LogP contribution is 2.34. The van der Waals surface area contributed by atoms with Gasteiger partial charge in [-0.05, 0) is 42.8 Å². The van der Waals surface area contributed by atoms with Gasteiger partial charge in [-0.3, -0.25) is 4.79 Å². The summed E-state index contributed by atoms with van der Waals surface area (Å²) in [5.41, 5.74) is 4.63. The fourth-order valence-corrected chi connectivity index (χ4v) is 2.70. The van der Waals surface area contributed by atoms with E-state index in [-0.39, 0.29) is 5.91 Å². The predicted octanol–water partition coefficient (Wildman–Crippen LogP) is 5.33. The molecule has 0 saturated carbocycles. The SMILES string of the molecule is Cc1ccccc1C(=O)N/N=C/c1ccc(-c2cccc(Cl)c2Cl)o1. The minimum absolute atomic E-state index is 0.279. The van der Waals surface area contributed by atoms with Crippen molar-refractivity contribution >= 4 is 35.3 Å². The smallest absolute Gasteiger partial charge is 0.271 e. The molecule has 0 spiro atoms. The van der Waals surface area contributed by atoms with Gasteiger partial charge in [-0.2, -0.15) is 5.10 Å². The highest BCUT2D eigenvalue weighted by atomic mass is 35.5. The second-order valence-electron chi connectivity index (χ2n) is 5.32. The van der Waals surface area contributed by atoms with Crippen LogP contribution in [0.15, 0.2) is 64.1 Å². The Morgan fingerprint density at radius 2 is 1.88 bits per heavy atom. The third-order valence-electron chi connectivity index (χ3n) is 3.59. The average molecular weight is 373 g/mol. The molecule has 1 amide bonds. The van der Waals surface area contributed by atoms with E-state index in [4.69, 9.17) is 27.6 Å². The van der Waals surface area contributed by atoms with Crippen LogP contribution in [-0.2, 0) is 0 Å². The van der Waals surface area contributed by atoms with E-state index in [0.29, 0.717) is 32.7 Å². The van der Waals surface area contributed by atoms with E-state index in [9.17, 15) is 4.79 Å². The van der Waals surface area contributed by atoms with Gasteiger partial charge in [-0.25, -0.2) is 5.43 Å². The molecule has 1 N–H and O–H groups in total. The fourth-order valence-electron chi connectivity index (χ4n) is 2.30. The molecular formula is C19H14Cl2N2O2. The maximum atomic E-state index is 12.1. The van der Waals surface area contributed by atoms with Gasteiger partial charge in [0.1, 0.15) is 11.5 Å². The summed E-state index contributed by atoms with van der Waals surface area (Å²) >= 11 is 12.2. The molecule has 0 aliphatic heterocycles. The zero-order valence-electron chi connectivity index (χ0n) is 13.3. The Balaban J connectivity index is 1.71. The third-order valence-corrected chi connectivity index (χ3v) is 4.41. The van der Waals surface area contributed by atoms with E-state index < -0.39 is 0 Å². The molecule has 0 saturated heterocycles. The Bertz CT molecular complexity index is 948. The molecule has 0 aliphatic carbocycles. The van der Waals surface area contributed by atoms with Crippen molar-refractivity contribution < 1.29 is 9.21 Å². The van der Waals surface area contributed by atoms with Crippen molar-refractivity contribution in [3.05, 3.63) is 81.5 Å². The molecule has 126 valence electrons. The van der Waals surface area contributed by atoms with Crippen molar-refractivity contribution in [2.24, 2.45) is 5.10 Å². The lowest BCUT2D eigenvalue weighted by Gasteiger charge is -2.03. The number of benzene rings is 2. The van der Waals surface area contributed by atoms with Gasteiger partial charge >= 0.3 is 0 Å². The zero-order chi connectivity index (χ0) is 17.8. The van der Waals surface area contributed by atoms with E-state index >= 15 is 0 Å². The minimum Gasteiger partial charge on any atom is -0.455 e. The first kappa shape index (κ1) is 17.3. The van der Waals surface area contributed by atoms with Crippen LogP contribution >= 0.6 is 23.2 Å². The average Bonchev–Trinajstić information content (AvgIpc) is 3.06. The Labute approximate surface area is 155 Å². The lowest BCUT2D eigenvalue weighted by molar-refractivity contribution is 0.0954. The molecule has 0 aliphatic rings. The highest BCUT2D eigenvalue weighted by molar-refractivity contribution is 6.43. The van der Waals surface area contributed by atoms with Crippen LogP contribution in [0.4, 0.5) is 0 Å². The summed E-state index contributed by atoms with van der Waals surface area (Å²) < 4.78 is 5.67. The van der Waals surface area contributed by atoms with E-state index in [2.05, 4.69) is 10.5 Å². The van der Waals surface area contributed by atoms with Gasteiger partial charge in [-0.1, -0.05) is 47.5 Å². The number of nitrogens with zero attached hydrogens (tertiary/aromatic N) is 1. The highest BCUT2D eigenvalue weighted by Gasteiger charge is 2.10. The number of carbonyl (C=O) groups excluding carboxylic acids is 1. The number of rotatable bonds is 4. The summed E-state index contributed by atoms with van der Waals surface area (Å²) in [6.45, 7) is 1.87. The summed E-state index contributed by atoms with van der Waals surface area (Å²) in [7, 11) is 0. The summed E-state index contributed by atoms with van der Waals surface area (Å²) in [6.07, 6.45) is 1.43. The molecule has 3 aromatic rings. The first-order chi connectivity index (χ1) is 12.1. The maximum absolute atomic E-state index is 12.1. The first-order valence-corrected chi connectivity index (χ1v) is 8.25. The van der Waals surface area contributed by atoms with Crippen molar-refractivity contribution in [2.45, 2.75) is 6.92 Å². The summed E-state index contributed by atoms with van der Waals surface area (Å²) in [5, 5.41) is 4.81. The molecular weight excluding hydrogens is 359 g/mol. The monoisotopic (exact) mass is 372 g/mol. The molecule has 25 heavy (non-hydrogen) atoms. The van der Waals surface area contributed by atoms with Gasteiger partial charge in [0.2, 0.25) is 0 Å². The van der Waals surface area contributed by atoms with E-state index in [1.807, 2.05) is 25.1 Å². The summed E-state index contributed by atoms with van der Waals surface area (Å²) in [4.78, 5) is 12.1. The quantitative estimate of drug-likeness (QED) is 0.497. The molecule has 1 heterocycles.